The summed E-state index contributed by atoms with van der Waals surface area (Å²) in [6, 6.07) is 13.8. The van der Waals surface area contributed by atoms with Gasteiger partial charge in [-0.3, -0.25) is 9.10 Å². The molecule has 0 aromatic heterocycles. The van der Waals surface area contributed by atoms with Crippen LogP contribution in [0.2, 0.25) is 0 Å². The first kappa shape index (κ1) is 20.3. The van der Waals surface area contributed by atoms with E-state index in [0.29, 0.717) is 12.3 Å². The maximum absolute atomic E-state index is 13.1. The van der Waals surface area contributed by atoms with E-state index >= 15 is 0 Å². The van der Waals surface area contributed by atoms with Crippen molar-refractivity contribution < 1.29 is 17.6 Å². The number of rotatable bonds is 8. The summed E-state index contributed by atoms with van der Waals surface area (Å²) >= 11 is 1.60. The van der Waals surface area contributed by atoms with Gasteiger partial charge in [0.15, 0.2) is 0 Å². The molecule has 0 saturated heterocycles. The van der Waals surface area contributed by atoms with E-state index in [2.05, 4.69) is 5.32 Å². The highest BCUT2D eigenvalue weighted by Crippen LogP contribution is 2.21. The quantitative estimate of drug-likeness (QED) is 0.550. The minimum absolute atomic E-state index is 0.246. The summed E-state index contributed by atoms with van der Waals surface area (Å²) in [5, 5.41) is 2.75. The molecular weight excluding hydrogens is 375 g/mol. The first-order valence-electron chi connectivity index (χ1n) is 7.99. The Morgan fingerprint density at radius 1 is 1.15 bits per heavy atom. The average molecular weight is 397 g/mol. The molecule has 1 N–H and O–H groups in total. The summed E-state index contributed by atoms with van der Waals surface area (Å²) in [4.78, 5) is 13.5. The van der Waals surface area contributed by atoms with Gasteiger partial charge in [0.1, 0.15) is 11.9 Å². The van der Waals surface area contributed by atoms with Gasteiger partial charge in [0.2, 0.25) is 15.9 Å². The predicted molar refractivity (Wildman–Crippen MR) is 103 cm³/mol. The van der Waals surface area contributed by atoms with Crippen molar-refractivity contribution in [1.29, 1.82) is 0 Å². The Bertz CT molecular complexity index is 827. The van der Waals surface area contributed by atoms with E-state index < -0.39 is 27.8 Å². The Balaban J connectivity index is 1.98. The highest BCUT2D eigenvalue weighted by molar-refractivity contribution is 7.99. The maximum atomic E-state index is 13.1. The second kappa shape index (κ2) is 9.05. The fourth-order valence-electron chi connectivity index (χ4n) is 2.40. The number of nitrogens with one attached hydrogen (secondary N) is 1. The first-order chi connectivity index (χ1) is 12.3. The van der Waals surface area contributed by atoms with Gasteiger partial charge in [-0.25, -0.2) is 12.8 Å². The van der Waals surface area contributed by atoms with Crippen LogP contribution in [0.3, 0.4) is 0 Å². The molecule has 1 unspecified atom stereocenters. The molecule has 0 radical (unpaired) electrons. The molecule has 0 bridgehead atoms. The van der Waals surface area contributed by atoms with Crippen molar-refractivity contribution in [3.05, 3.63) is 60.4 Å². The molecule has 0 aliphatic heterocycles. The third-order valence-corrected chi connectivity index (χ3v) is 5.84. The lowest BCUT2D eigenvalue weighted by molar-refractivity contribution is -0.121. The van der Waals surface area contributed by atoms with Crippen LogP contribution in [0.1, 0.15) is 6.92 Å². The highest BCUT2D eigenvalue weighted by Gasteiger charge is 2.28. The summed E-state index contributed by atoms with van der Waals surface area (Å²) in [5.41, 5.74) is 0.246. The van der Waals surface area contributed by atoms with Crippen LogP contribution in [-0.2, 0) is 14.8 Å². The molecule has 0 saturated carbocycles. The normalized spacial score (nSPS) is 12.4. The third kappa shape index (κ3) is 5.74. The molecule has 140 valence electrons. The summed E-state index contributed by atoms with van der Waals surface area (Å²) in [6.45, 7) is 1.91. The zero-order chi connectivity index (χ0) is 19.2. The molecule has 2 aromatic rings. The smallest absolute Gasteiger partial charge is 0.243 e. The van der Waals surface area contributed by atoms with Gasteiger partial charge in [0.05, 0.1) is 11.9 Å². The Morgan fingerprint density at radius 3 is 2.35 bits per heavy atom. The lowest BCUT2D eigenvalue weighted by Gasteiger charge is -2.28. The molecule has 0 spiro atoms. The van der Waals surface area contributed by atoms with Crippen molar-refractivity contribution >= 4 is 33.4 Å². The van der Waals surface area contributed by atoms with E-state index in [4.69, 9.17) is 0 Å². The fourth-order valence-corrected chi connectivity index (χ4v) is 4.37. The Labute approximate surface area is 157 Å². The molecular formula is C18H21FN2O3S2. The Morgan fingerprint density at radius 2 is 1.77 bits per heavy atom. The number of thioether (sulfide) groups is 1. The van der Waals surface area contributed by atoms with Crippen molar-refractivity contribution in [3.63, 3.8) is 0 Å². The standard InChI is InChI=1S/C18H21FN2O3S2/c1-14(18(22)20-12-13-25-17-6-4-3-5-7-17)21(26(2,23)24)16-10-8-15(19)9-11-16/h3-11,14H,12-13H2,1-2H3,(H,20,22). The number of sulfonamides is 1. The predicted octanol–water partition coefficient (Wildman–Crippen LogP) is 2.89. The van der Waals surface area contributed by atoms with Crippen molar-refractivity contribution in [2.24, 2.45) is 0 Å². The number of amides is 1. The van der Waals surface area contributed by atoms with E-state index in [9.17, 15) is 17.6 Å². The third-order valence-electron chi connectivity index (χ3n) is 3.58. The fraction of sp³-hybridized carbons (Fsp3) is 0.278. The minimum atomic E-state index is -3.70. The van der Waals surface area contributed by atoms with E-state index in [1.807, 2.05) is 30.3 Å². The second-order valence-corrected chi connectivity index (χ2v) is 8.69. The lowest BCUT2D eigenvalue weighted by atomic mass is 10.2. The molecule has 2 rings (SSSR count). The molecule has 1 amide bonds. The largest absolute Gasteiger partial charge is 0.353 e. The Hall–Kier alpha value is -2.06. The summed E-state index contributed by atoms with van der Waals surface area (Å²) in [5.74, 6) is -0.219. The van der Waals surface area contributed by atoms with Gasteiger partial charge in [-0.2, -0.15) is 0 Å². The molecule has 0 aliphatic carbocycles. The number of nitrogens with zero attached hydrogens (tertiary/aromatic N) is 1. The van der Waals surface area contributed by atoms with E-state index in [-0.39, 0.29) is 5.69 Å². The molecule has 8 heteroatoms. The summed E-state index contributed by atoms with van der Waals surface area (Å²) in [7, 11) is -3.70. The summed E-state index contributed by atoms with van der Waals surface area (Å²) < 4.78 is 38.3. The van der Waals surface area contributed by atoms with Gasteiger partial charge in [-0.05, 0) is 43.3 Å². The van der Waals surface area contributed by atoms with Gasteiger partial charge < -0.3 is 5.32 Å². The molecule has 0 aliphatic rings. The van der Waals surface area contributed by atoms with Gasteiger partial charge >= 0.3 is 0 Å². The number of halogens is 1. The number of anilines is 1. The van der Waals surface area contributed by atoms with Crippen LogP contribution in [0.15, 0.2) is 59.5 Å². The average Bonchev–Trinajstić information content (AvgIpc) is 2.60. The van der Waals surface area contributed by atoms with Crippen LogP contribution in [0, 0.1) is 5.82 Å². The van der Waals surface area contributed by atoms with E-state index in [0.717, 1.165) is 27.6 Å². The van der Waals surface area contributed by atoms with Crippen molar-refractivity contribution in [2.45, 2.75) is 17.9 Å². The van der Waals surface area contributed by atoms with Crippen molar-refractivity contribution in [3.8, 4) is 0 Å². The first-order valence-corrected chi connectivity index (χ1v) is 10.8. The van der Waals surface area contributed by atoms with Gasteiger partial charge in [0, 0.05) is 17.2 Å². The molecule has 0 fully saturated rings. The molecule has 1 atom stereocenters. The van der Waals surface area contributed by atoms with Crippen LogP contribution in [0.25, 0.3) is 0 Å². The number of benzene rings is 2. The monoisotopic (exact) mass is 396 g/mol. The van der Waals surface area contributed by atoms with Crippen LogP contribution >= 0.6 is 11.8 Å². The molecule has 26 heavy (non-hydrogen) atoms. The van der Waals surface area contributed by atoms with Gasteiger partial charge in [-0.15, -0.1) is 11.8 Å². The van der Waals surface area contributed by atoms with Crippen LogP contribution in [0.5, 0.6) is 0 Å². The minimum Gasteiger partial charge on any atom is -0.353 e. The van der Waals surface area contributed by atoms with Crippen LogP contribution in [-0.4, -0.2) is 38.9 Å². The van der Waals surface area contributed by atoms with Crippen molar-refractivity contribution in [2.75, 3.05) is 22.9 Å². The molecule has 0 heterocycles. The maximum Gasteiger partial charge on any atom is 0.243 e. The van der Waals surface area contributed by atoms with Gasteiger partial charge in [-0.1, -0.05) is 18.2 Å². The number of hydrogen-bond donors (Lipinski definition) is 1. The lowest BCUT2D eigenvalue weighted by Crippen LogP contribution is -2.48. The molecule has 5 nitrogen and oxygen atoms in total. The highest BCUT2D eigenvalue weighted by atomic mass is 32.2. The Kier molecular flexibility index (Phi) is 7.05. The van der Waals surface area contributed by atoms with Crippen molar-refractivity contribution in [1.82, 2.24) is 5.32 Å². The number of carbonyl (C=O) groups is 1. The summed E-state index contributed by atoms with van der Waals surface area (Å²) in [6.07, 6.45) is 1.02. The van der Waals surface area contributed by atoms with Gasteiger partial charge in [0.25, 0.3) is 0 Å². The number of hydrogen-bond acceptors (Lipinski definition) is 4. The zero-order valence-corrected chi connectivity index (χ0v) is 16.2. The van der Waals surface area contributed by atoms with Crippen LogP contribution in [0.4, 0.5) is 10.1 Å². The second-order valence-electron chi connectivity index (χ2n) is 5.66. The van der Waals surface area contributed by atoms with E-state index in [1.54, 1.807) is 11.8 Å². The van der Waals surface area contributed by atoms with Crippen LogP contribution < -0.4 is 9.62 Å². The van der Waals surface area contributed by atoms with E-state index in [1.165, 1.54) is 19.1 Å². The number of carbonyl (C=O) groups excluding carboxylic acids is 1. The SMILES string of the molecule is CC(C(=O)NCCSc1ccccc1)N(c1ccc(F)cc1)S(C)(=O)=O. The topological polar surface area (TPSA) is 66.5 Å². The zero-order valence-electron chi connectivity index (χ0n) is 14.6. The molecule has 2 aromatic carbocycles.